The van der Waals surface area contributed by atoms with Crippen LogP contribution in [0.1, 0.15) is 12.5 Å². The summed E-state index contributed by atoms with van der Waals surface area (Å²) in [7, 11) is -1.65. The van der Waals surface area contributed by atoms with Crippen LogP contribution in [0.25, 0.3) is 16.9 Å². The molecule has 0 aliphatic heterocycles. The molecule has 0 amide bonds. The number of thiophene rings is 1. The van der Waals surface area contributed by atoms with Gasteiger partial charge in [0.25, 0.3) is 0 Å². The second kappa shape index (κ2) is 7.00. The fraction of sp³-hybridized carbons (Fsp3) is 0.235. The van der Waals surface area contributed by atoms with Crippen LogP contribution in [-0.2, 0) is 17.1 Å². The third-order valence-electron chi connectivity index (χ3n) is 4.12. The first-order valence-corrected chi connectivity index (χ1v) is 10.9. The molecule has 11 heteroatoms. The van der Waals surface area contributed by atoms with Gasteiger partial charge in [0.1, 0.15) is 4.21 Å². The van der Waals surface area contributed by atoms with Crippen molar-refractivity contribution in [2.45, 2.75) is 18.1 Å². The summed E-state index contributed by atoms with van der Waals surface area (Å²) in [5.74, 6) is 0.547. The van der Waals surface area contributed by atoms with Gasteiger partial charge in [-0.1, -0.05) is 6.92 Å². The summed E-state index contributed by atoms with van der Waals surface area (Å²) in [6, 6.07) is 1.80. The molecule has 0 atom stereocenters. The Morgan fingerprint density at radius 3 is 2.79 bits per heavy atom. The van der Waals surface area contributed by atoms with Crippen molar-refractivity contribution in [3.63, 3.8) is 0 Å². The molecular formula is C17H19N7O2S2. The molecule has 4 rings (SSSR count). The number of hydrogen-bond donors (Lipinski definition) is 2. The van der Waals surface area contributed by atoms with E-state index in [0.717, 1.165) is 22.6 Å². The predicted molar refractivity (Wildman–Crippen MR) is 108 cm³/mol. The Bertz CT molecular complexity index is 1250. The number of aromatic nitrogens is 5. The predicted octanol–water partition coefficient (Wildman–Crippen LogP) is 2.54. The Kier molecular flexibility index (Phi) is 4.65. The topological polar surface area (TPSA) is 106 Å². The van der Waals surface area contributed by atoms with Gasteiger partial charge in [-0.05, 0) is 18.6 Å². The maximum Gasteiger partial charge on any atom is 0.250 e. The van der Waals surface area contributed by atoms with E-state index in [1.807, 2.05) is 23.8 Å². The molecule has 0 aliphatic rings. The maximum atomic E-state index is 12.3. The highest BCUT2D eigenvalue weighted by atomic mass is 32.2. The number of anilines is 2. The van der Waals surface area contributed by atoms with Gasteiger partial charge in [-0.15, -0.1) is 11.3 Å². The molecule has 0 bridgehead atoms. The summed E-state index contributed by atoms with van der Waals surface area (Å²) in [6.45, 7) is 3.87. The van der Waals surface area contributed by atoms with Crippen molar-refractivity contribution in [2.24, 2.45) is 7.05 Å². The summed E-state index contributed by atoms with van der Waals surface area (Å²) in [5.41, 5.74) is 3.16. The molecule has 0 fully saturated rings. The van der Waals surface area contributed by atoms with E-state index in [0.29, 0.717) is 32.8 Å². The minimum Gasteiger partial charge on any atom is -0.329 e. The number of rotatable bonds is 6. The minimum absolute atomic E-state index is 0.295. The second-order valence-corrected chi connectivity index (χ2v) is 9.24. The van der Waals surface area contributed by atoms with Crippen LogP contribution < -0.4 is 10.0 Å². The quantitative estimate of drug-likeness (QED) is 0.499. The molecule has 146 valence electrons. The van der Waals surface area contributed by atoms with Crippen molar-refractivity contribution < 1.29 is 8.42 Å². The molecule has 0 saturated heterocycles. The zero-order chi connectivity index (χ0) is 19.9. The number of hydrogen-bond acceptors (Lipinski definition) is 7. The largest absolute Gasteiger partial charge is 0.329 e. The van der Waals surface area contributed by atoms with Crippen molar-refractivity contribution in [2.75, 3.05) is 11.9 Å². The highest BCUT2D eigenvalue weighted by molar-refractivity contribution is 7.91. The third-order valence-corrected chi connectivity index (χ3v) is 7.46. The molecule has 0 aromatic carbocycles. The Balaban J connectivity index is 1.71. The Morgan fingerprint density at radius 1 is 1.25 bits per heavy atom. The smallest absolute Gasteiger partial charge is 0.250 e. The summed E-state index contributed by atoms with van der Waals surface area (Å²) < 4.78 is 31.1. The van der Waals surface area contributed by atoms with Gasteiger partial charge in [0, 0.05) is 37.7 Å². The molecule has 0 radical (unpaired) electrons. The van der Waals surface area contributed by atoms with Gasteiger partial charge in [0.15, 0.2) is 11.5 Å². The van der Waals surface area contributed by atoms with Crippen LogP contribution in [0.2, 0.25) is 0 Å². The normalized spacial score (nSPS) is 12.0. The van der Waals surface area contributed by atoms with Crippen molar-refractivity contribution in [1.29, 1.82) is 0 Å². The van der Waals surface area contributed by atoms with Gasteiger partial charge in [-0.2, -0.15) is 5.10 Å². The van der Waals surface area contributed by atoms with Gasteiger partial charge in [-0.25, -0.2) is 23.1 Å². The number of nitrogens with zero attached hydrogens (tertiary/aromatic N) is 5. The first kappa shape index (κ1) is 18.6. The minimum atomic E-state index is -3.51. The van der Waals surface area contributed by atoms with E-state index in [1.54, 1.807) is 43.2 Å². The van der Waals surface area contributed by atoms with Gasteiger partial charge in [0.05, 0.1) is 23.1 Å². The van der Waals surface area contributed by atoms with Gasteiger partial charge in [0.2, 0.25) is 10.0 Å². The number of nitrogens with one attached hydrogen (secondary N) is 2. The van der Waals surface area contributed by atoms with E-state index in [4.69, 9.17) is 0 Å². The van der Waals surface area contributed by atoms with E-state index in [1.165, 1.54) is 0 Å². The molecular weight excluding hydrogens is 398 g/mol. The highest BCUT2D eigenvalue weighted by Gasteiger charge is 2.20. The Labute approximate surface area is 166 Å². The van der Waals surface area contributed by atoms with Crippen LogP contribution in [0.5, 0.6) is 0 Å². The lowest BCUT2D eigenvalue weighted by Crippen LogP contribution is -2.22. The zero-order valence-corrected chi connectivity index (χ0v) is 17.2. The van der Waals surface area contributed by atoms with E-state index in [-0.39, 0.29) is 0 Å². The van der Waals surface area contributed by atoms with Gasteiger partial charge < -0.3 is 5.32 Å². The summed E-state index contributed by atoms with van der Waals surface area (Å²) >= 11 is 1.16. The van der Waals surface area contributed by atoms with Gasteiger partial charge >= 0.3 is 0 Å². The van der Waals surface area contributed by atoms with E-state index in [2.05, 4.69) is 25.1 Å². The Morgan fingerprint density at radius 2 is 2.07 bits per heavy atom. The molecule has 4 heterocycles. The van der Waals surface area contributed by atoms with Crippen LogP contribution >= 0.6 is 11.3 Å². The number of sulfonamides is 1. The molecule has 4 aromatic heterocycles. The van der Waals surface area contributed by atoms with Crippen molar-refractivity contribution >= 4 is 37.8 Å². The number of aryl methyl sites for hydroxylation is 2. The van der Waals surface area contributed by atoms with Crippen molar-refractivity contribution in [1.82, 2.24) is 28.9 Å². The lowest BCUT2D eigenvalue weighted by atomic mass is 10.3. The number of imidazole rings is 1. The molecule has 2 N–H and O–H groups in total. The fourth-order valence-electron chi connectivity index (χ4n) is 2.94. The van der Waals surface area contributed by atoms with Crippen LogP contribution in [-0.4, -0.2) is 39.1 Å². The molecule has 4 aromatic rings. The fourth-order valence-corrected chi connectivity index (χ4v) is 5.62. The van der Waals surface area contributed by atoms with Crippen LogP contribution in [0.3, 0.4) is 0 Å². The summed E-state index contributed by atoms with van der Waals surface area (Å²) in [4.78, 5) is 8.86. The SMILES string of the molecule is CCNS(=O)(=O)c1sc(Nc2nccn3c(-c4cnn(C)c4)cnc23)cc1C. The monoisotopic (exact) mass is 417 g/mol. The summed E-state index contributed by atoms with van der Waals surface area (Å²) in [5, 5.41) is 8.09. The van der Waals surface area contributed by atoms with Crippen LogP contribution in [0.15, 0.2) is 41.3 Å². The second-order valence-electron chi connectivity index (χ2n) is 6.22. The van der Waals surface area contributed by atoms with Gasteiger partial charge in [-0.3, -0.25) is 9.08 Å². The Hall–Kier alpha value is -2.76. The lowest BCUT2D eigenvalue weighted by molar-refractivity contribution is 0.585. The molecule has 0 aliphatic carbocycles. The average Bonchev–Trinajstić information content (AvgIpc) is 3.33. The summed E-state index contributed by atoms with van der Waals surface area (Å²) in [6.07, 6.45) is 8.96. The third kappa shape index (κ3) is 3.28. The number of fused-ring (bicyclic) bond motifs is 1. The van der Waals surface area contributed by atoms with Crippen molar-refractivity contribution in [3.05, 3.63) is 42.6 Å². The molecule has 0 spiro atoms. The molecule has 0 saturated carbocycles. The van der Waals surface area contributed by atoms with E-state index < -0.39 is 10.0 Å². The van der Waals surface area contributed by atoms with Crippen molar-refractivity contribution in [3.8, 4) is 11.3 Å². The highest BCUT2D eigenvalue weighted by Crippen LogP contribution is 2.33. The molecule has 9 nitrogen and oxygen atoms in total. The zero-order valence-electron chi connectivity index (χ0n) is 15.5. The molecule has 28 heavy (non-hydrogen) atoms. The van der Waals surface area contributed by atoms with E-state index in [9.17, 15) is 8.42 Å². The lowest BCUT2D eigenvalue weighted by Gasteiger charge is -2.05. The molecule has 0 unspecified atom stereocenters. The first-order valence-electron chi connectivity index (χ1n) is 8.57. The first-order chi connectivity index (χ1) is 13.4. The maximum absolute atomic E-state index is 12.3. The van der Waals surface area contributed by atoms with E-state index >= 15 is 0 Å². The van der Waals surface area contributed by atoms with Crippen LogP contribution in [0, 0.1) is 6.92 Å². The standard InChI is InChI=1S/C17H19N7O2S2/c1-4-21-28(25,26)17-11(2)7-14(27-17)22-15-16-19-9-13(24(16)6-5-18-15)12-8-20-23(3)10-12/h5-10,21H,4H2,1-3H3,(H,18,22). The average molecular weight is 418 g/mol. The van der Waals surface area contributed by atoms with Crippen LogP contribution in [0.4, 0.5) is 10.8 Å².